The van der Waals surface area contributed by atoms with E-state index in [4.69, 9.17) is 11.6 Å². The van der Waals surface area contributed by atoms with Gasteiger partial charge >= 0.3 is 0 Å². The Balaban J connectivity index is 1.97. The molecule has 0 saturated carbocycles. The number of carbonyl (C=O) groups excluding carboxylic acids is 1. The number of rotatable bonds is 3. The second-order valence-electron chi connectivity index (χ2n) is 4.24. The van der Waals surface area contributed by atoms with Crippen molar-refractivity contribution in [1.29, 1.82) is 0 Å². The molecule has 0 radical (unpaired) electrons. The van der Waals surface area contributed by atoms with Gasteiger partial charge in [-0.3, -0.25) is 4.79 Å². The highest BCUT2D eigenvalue weighted by Gasteiger charge is 1.97. The molecule has 0 saturated heterocycles. The standard InChI is InChI=1S/C16H14ClNO/c1-12-2-4-13(5-3-12)6-11-16(19)18-15-9-7-14(17)8-10-15/h2-11H,1H3,(H,18,19)/b11-6+. The molecule has 2 aromatic rings. The first-order valence-electron chi connectivity index (χ1n) is 5.95. The van der Waals surface area contributed by atoms with Crippen molar-refractivity contribution in [1.82, 2.24) is 0 Å². The third-order valence-electron chi connectivity index (χ3n) is 2.62. The zero-order valence-electron chi connectivity index (χ0n) is 10.6. The van der Waals surface area contributed by atoms with Gasteiger partial charge in [0.25, 0.3) is 0 Å². The minimum absolute atomic E-state index is 0.164. The first-order valence-corrected chi connectivity index (χ1v) is 6.32. The summed E-state index contributed by atoms with van der Waals surface area (Å²) >= 11 is 5.78. The molecule has 2 nitrogen and oxygen atoms in total. The molecule has 19 heavy (non-hydrogen) atoms. The summed E-state index contributed by atoms with van der Waals surface area (Å²) < 4.78 is 0. The van der Waals surface area contributed by atoms with E-state index in [1.807, 2.05) is 31.2 Å². The highest BCUT2D eigenvalue weighted by atomic mass is 35.5. The molecule has 96 valence electrons. The first kappa shape index (κ1) is 13.4. The third kappa shape index (κ3) is 4.27. The number of amides is 1. The molecule has 2 aromatic carbocycles. The molecule has 0 aliphatic carbocycles. The maximum absolute atomic E-state index is 11.7. The molecule has 0 spiro atoms. The van der Waals surface area contributed by atoms with Crippen molar-refractivity contribution in [3.8, 4) is 0 Å². The topological polar surface area (TPSA) is 29.1 Å². The van der Waals surface area contributed by atoms with Crippen LogP contribution in [0.5, 0.6) is 0 Å². The smallest absolute Gasteiger partial charge is 0.248 e. The number of hydrogen-bond acceptors (Lipinski definition) is 1. The van der Waals surface area contributed by atoms with Gasteiger partial charge < -0.3 is 5.32 Å². The van der Waals surface area contributed by atoms with Crippen LogP contribution in [0, 0.1) is 6.92 Å². The highest BCUT2D eigenvalue weighted by Crippen LogP contribution is 2.13. The normalized spacial score (nSPS) is 10.6. The molecule has 3 heteroatoms. The highest BCUT2D eigenvalue weighted by molar-refractivity contribution is 6.30. The number of hydrogen-bond donors (Lipinski definition) is 1. The lowest BCUT2D eigenvalue weighted by Gasteiger charge is -2.01. The molecule has 1 N–H and O–H groups in total. The summed E-state index contributed by atoms with van der Waals surface area (Å²) in [5.41, 5.74) is 2.92. The minimum atomic E-state index is -0.164. The lowest BCUT2D eigenvalue weighted by Crippen LogP contribution is -2.07. The van der Waals surface area contributed by atoms with Crippen LogP contribution in [0.4, 0.5) is 5.69 Å². The van der Waals surface area contributed by atoms with E-state index in [1.54, 1.807) is 30.3 Å². The van der Waals surface area contributed by atoms with Gasteiger partial charge in [0, 0.05) is 16.8 Å². The number of nitrogens with one attached hydrogen (secondary N) is 1. The fraction of sp³-hybridized carbons (Fsp3) is 0.0625. The molecule has 0 aliphatic heterocycles. The van der Waals surface area contributed by atoms with Crippen molar-refractivity contribution >= 4 is 29.3 Å². The Bertz CT molecular complexity index is 585. The molecule has 0 aromatic heterocycles. The molecule has 0 fully saturated rings. The number of halogens is 1. The zero-order chi connectivity index (χ0) is 13.7. The van der Waals surface area contributed by atoms with Gasteiger partial charge in [-0.2, -0.15) is 0 Å². The van der Waals surface area contributed by atoms with E-state index >= 15 is 0 Å². The van der Waals surface area contributed by atoms with Crippen LogP contribution < -0.4 is 5.32 Å². The van der Waals surface area contributed by atoms with E-state index in [9.17, 15) is 4.79 Å². The van der Waals surface area contributed by atoms with Crippen LogP contribution in [0.15, 0.2) is 54.6 Å². The van der Waals surface area contributed by atoms with Gasteiger partial charge in [-0.25, -0.2) is 0 Å². The third-order valence-corrected chi connectivity index (χ3v) is 2.87. The molecular formula is C16H14ClNO. The average molecular weight is 272 g/mol. The van der Waals surface area contributed by atoms with Gasteiger partial charge in [0.2, 0.25) is 5.91 Å². The molecule has 0 unspecified atom stereocenters. The number of benzene rings is 2. The Labute approximate surface area is 117 Å². The summed E-state index contributed by atoms with van der Waals surface area (Å²) in [7, 11) is 0. The van der Waals surface area contributed by atoms with Crippen LogP contribution in [-0.2, 0) is 4.79 Å². The number of aryl methyl sites for hydroxylation is 1. The van der Waals surface area contributed by atoms with E-state index in [2.05, 4.69) is 5.32 Å². The monoisotopic (exact) mass is 271 g/mol. The SMILES string of the molecule is Cc1ccc(/C=C/C(=O)Nc2ccc(Cl)cc2)cc1. The van der Waals surface area contributed by atoms with E-state index in [0.717, 1.165) is 11.3 Å². The lowest BCUT2D eigenvalue weighted by atomic mass is 10.1. The Hall–Kier alpha value is -2.06. The van der Waals surface area contributed by atoms with Crippen molar-refractivity contribution in [2.24, 2.45) is 0 Å². The minimum Gasteiger partial charge on any atom is -0.323 e. The van der Waals surface area contributed by atoms with Crippen LogP contribution in [0.1, 0.15) is 11.1 Å². The van der Waals surface area contributed by atoms with E-state index in [0.29, 0.717) is 5.02 Å². The maximum atomic E-state index is 11.7. The average Bonchev–Trinajstić information content (AvgIpc) is 2.41. The van der Waals surface area contributed by atoms with Gasteiger partial charge in [0.15, 0.2) is 0 Å². The van der Waals surface area contributed by atoms with E-state index in [-0.39, 0.29) is 5.91 Å². The van der Waals surface area contributed by atoms with Crippen LogP contribution in [0.3, 0.4) is 0 Å². The second kappa shape index (κ2) is 6.21. The summed E-state index contributed by atoms with van der Waals surface area (Å²) in [5.74, 6) is -0.164. The van der Waals surface area contributed by atoms with Gasteiger partial charge in [-0.05, 0) is 42.8 Å². The Morgan fingerprint density at radius 2 is 1.68 bits per heavy atom. The molecule has 1 amide bonds. The van der Waals surface area contributed by atoms with Crippen molar-refractivity contribution in [3.05, 3.63) is 70.8 Å². The molecule has 0 heterocycles. The zero-order valence-corrected chi connectivity index (χ0v) is 11.3. The van der Waals surface area contributed by atoms with E-state index < -0.39 is 0 Å². The Morgan fingerprint density at radius 3 is 2.32 bits per heavy atom. The largest absolute Gasteiger partial charge is 0.323 e. The van der Waals surface area contributed by atoms with Crippen LogP contribution >= 0.6 is 11.6 Å². The first-order chi connectivity index (χ1) is 9.13. The van der Waals surface area contributed by atoms with Crippen LogP contribution in [0.2, 0.25) is 5.02 Å². The van der Waals surface area contributed by atoms with Crippen molar-refractivity contribution in [3.63, 3.8) is 0 Å². The molecule has 2 rings (SSSR count). The molecule has 0 aliphatic rings. The van der Waals surface area contributed by atoms with E-state index in [1.165, 1.54) is 11.6 Å². The second-order valence-corrected chi connectivity index (χ2v) is 4.68. The quantitative estimate of drug-likeness (QED) is 0.829. The fourth-order valence-electron chi connectivity index (χ4n) is 1.57. The maximum Gasteiger partial charge on any atom is 0.248 e. The summed E-state index contributed by atoms with van der Waals surface area (Å²) in [6.45, 7) is 2.03. The predicted octanol–water partition coefficient (Wildman–Crippen LogP) is 4.30. The van der Waals surface area contributed by atoms with Crippen molar-refractivity contribution in [2.45, 2.75) is 6.92 Å². The Morgan fingerprint density at radius 1 is 1.05 bits per heavy atom. The van der Waals surface area contributed by atoms with Crippen LogP contribution in [-0.4, -0.2) is 5.91 Å². The number of carbonyl (C=O) groups is 1. The lowest BCUT2D eigenvalue weighted by molar-refractivity contribution is -0.111. The van der Waals surface area contributed by atoms with Crippen LogP contribution in [0.25, 0.3) is 6.08 Å². The van der Waals surface area contributed by atoms with Gasteiger partial charge in [-0.1, -0.05) is 41.4 Å². The predicted molar refractivity (Wildman–Crippen MR) is 80.3 cm³/mol. The molecular weight excluding hydrogens is 258 g/mol. The summed E-state index contributed by atoms with van der Waals surface area (Å²) in [5, 5.41) is 3.41. The fourth-order valence-corrected chi connectivity index (χ4v) is 1.69. The van der Waals surface area contributed by atoms with Gasteiger partial charge in [0.1, 0.15) is 0 Å². The van der Waals surface area contributed by atoms with Gasteiger partial charge in [-0.15, -0.1) is 0 Å². The van der Waals surface area contributed by atoms with Crippen molar-refractivity contribution in [2.75, 3.05) is 5.32 Å². The summed E-state index contributed by atoms with van der Waals surface area (Å²) in [6, 6.07) is 15.0. The summed E-state index contributed by atoms with van der Waals surface area (Å²) in [4.78, 5) is 11.7. The molecule has 0 atom stereocenters. The van der Waals surface area contributed by atoms with Gasteiger partial charge in [0.05, 0.1) is 0 Å². The summed E-state index contributed by atoms with van der Waals surface area (Å²) in [6.07, 6.45) is 3.30. The van der Waals surface area contributed by atoms with Crippen molar-refractivity contribution < 1.29 is 4.79 Å². The number of anilines is 1. The molecule has 0 bridgehead atoms. The Kier molecular flexibility index (Phi) is 4.37.